The first-order valence-corrected chi connectivity index (χ1v) is 4.57. The molecule has 0 amide bonds. The van der Waals surface area contributed by atoms with Crippen molar-refractivity contribution in [1.29, 1.82) is 0 Å². The lowest BCUT2D eigenvalue weighted by molar-refractivity contribution is 0.823. The fraction of sp³-hybridized carbons (Fsp3) is 0.143. The van der Waals surface area contributed by atoms with E-state index in [1.165, 1.54) is 0 Å². The van der Waals surface area contributed by atoms with Gasteiger partial charge in [0.05, 0.1) is 6.20 Å². The third-order valence-corrected chi connectivity index (χ3v) is 2.16. The van der Waals surface area contributed by atoms with Gasteiger partial charge < -0.3 is 0 Å². The van der Waals surface area contributed by atoms with E-state index in [2.05, 4.69) is 37.9 Å². The van der Waals surface area contributed by atoms with Crippen LogP contribution in [0.3, 0.4) is 0 Å². The number of halogens is 1. The van der Waals surface area contributed by atoms with Crippen LogP contribution in [0.25, 0.3) is 5.82 Å². The Labute approximate surface area is 83.1 Å². The summed E-state index contributed by atoms with van der Waals surface area (Å²) in [5, 5.41) is 11.0. The summed E-state index contributed by atoms with van der Waals surface area (Å²) in [6, 6.07) is 1.95. The van der Waals surface area contributed by atoms with Crippen LogP contribution in [0, 0.1) is 10.6 Å². The van der Waals surface area contributed by atoms with E-state index >= 15 is 0 Å². The molecule has 0 aromatic carbocycles. The lowest BCUT2D eigenvalue weighted by atomic mass is 10.4. The van der Waals surface area contributed by atoms with E-state index < -0.39 is 0 Å². The van der Waals surface area contributed by atoms with Crippen molar-refractivity contribution >= 4 is 22.6 Å². The van der Waals surface area contributed by atoms with Gasteiger partial charge in [-0.25, -0.2) is 4.68 Å². The zero-order valence-electron chi connectivity index (χ0n) is 6.45. The van der Waals surface area contributed by atoms with Crippen molar-refractivity contribution < 1.29 is 0 Å². The molecule has 0 bridgehead atoms. The summed E-state index contributed by atoms with van der Waals surface area (Å²) >= 11 is 2.17. The average Bonchev–Trinajstić information content (AvgIpc) is 2.58. The van der Waals surface area contributed by atoms with Crippen LogP contribution in [-0.4, -0.2) is 20.0 Å². The molecule has 2 aromatic heterocycles. The smallest absolute Gasteiger partial charge is 0.152 e. The number of H-pyrrole nitrogens is 1. The number of aryl methyl sites for hydroxylation is 1. The molecule has 0 radical (unpaired) electrons. The van der Waals surface area contributed by atoms with Crippen molar-refractivity contribution in [2.24, 2.45) is 0 Å². The van der Waals surface area contributed by atoms with Crippen LogP contribution in [-0.2, 0) is 0 Å². The molecule has 0 aliphatic carbocycles. The van der Waals surface area contributed by atoms with Crippen molar-refractivity contribution in [1.82, 2.24) is 20.0 Å². The Hall–Kier alpha value is -0.850. The predicted molar refractivity (Wildman–Crippen MR) is 53.2 cm³/mol. The van der Waals surface area contributed by atoms with Gasteiger partial charge in [0.25, 0.3) is 0 Å². The highest BCUT2D eigenvalue weighted by atomic mass is 127. The van der Waals surface area contributed by atoms with E-state index in [4.69, 9.17) is 0 Å². The first-order chi connectivity index (χ1) is 5.77. The molecule has 2 rings (SSSR count). The van der Waals surface area contributed by atoms with Crippen LogP contribution < -0.4 is 0 Å². The van der Waals surface area contributed by atoms with E-state index in [0.29, 0.717) is 0 Å². The molecule has 5 heteroatoms. The minimum atomic E-state index is 0.929. The fourth-order valence-electron chi connectivity index (χ4n) is 0.998. The Bertz CT molecular complexity index is 390. The lowest BCUT2D eigenvalue weighted by Gasteiger charge is -1.96. The van der Waals surface area contributed by atoms with Gasteiger partial charge in [0, 0.05) is 11.8 Å². The summed E-state index contributed by atoms with van der Waals surface area (Å²) in [5.41, 5.74) is 1.09. The van der Waals surface area contributed by atoms with Gasteiger partial charge in [0.1, 0.15) is 3.70 Å². The third kappa shape index (κ3) is 1.24. The summed E-state index contributed by atoms with van der Waals surface area (Å²) in [4.78, 5) is 0. The van der Waals surface area contributed by atoms with Gasteiger partial charge in [-0.2, -0.15) is 10.2 Å². The third-order valence-electron chi connectivity index (χ3n) is 1.59. The summed E-state index contributed by atoms with van der Waals surface area (Å²) in [7, 11) is 0. The van der Waals surface area contributed by atoms with Gasteiger partial charge in [-0.1, -0.05) is 0 Å². The molecular formula is C7H7IN4. The summed E-state index contributed by atoms with van der Waals surface area (Å²) in [6.07, 6.45) is 3.69. The van der Waals surface area contributed by atoms with E-state index in [1.54, 1.807) is 10.9 Å². The quantitative estimate of drug-likeness (QED) is 0.801. The number of hydrogen-bond acceptors (Lipinski definition) is 2. The van der Waals surface area contributed by atoms with Gasteiger partial charge in [0.2, 0.25) is 0 Å². The molecule has 0 aliphatic heterocycles. The van der Waals surface area contributed by atoms with Crippen LogP contribution in [0.2, 0.25) is 0 Å². The van der Waals surface area contributed by atoms with Crippen molar-refractivity contribution in [3.05, 3.63) is 27.7 Å². The zero-order valence-corrected chi connectivity index (χ0v) is 8.61. The first kappa shape index (κ1) is 7.78. The Balaban J connectivity index is 2.50. The maximum atomic E-state index is 4.25. The van der Waals surface area contributed by atoms with Crippen molar-refractivity contribution in [3.63, 3.8) is 0 Å². The SMILES string of the molecule is Cc1cn[nH]c1-n1ccc(I)n1. The monoisotopic (exact) mass is 274 g/mol. The van der Waals surface area contributed by atoms with Crippen LogP contribution in [0.15, 0.2) is 18.5 Å². The standard InChI is InChI=1S/C7H7IN4/c1-5-4-9-10-7(5)12-3-2-6(8)11-12/h2-4H,1H3,(H,9,10). The Morgan fingerprint density at radius 3 is 2.92 bits per heavy atom. The van der Waals surface area contributed by atoms with Gasteiger partial charge in [0.15, 0.2) is 5.82 Å². The number of nitrogens with one attached hydrogen (secondary N) is 1. The molecule has 0 saturated heterocycles. The van der Waals surface area contributed by atoms with E-state index in [-0.39, 0.29) is 0 Å². The van der Waals surface area contributed by atoms with Crippen molar-refractivity contribution in [2.45, 2.75) is 6.92 Å². The van der Waals surface area contributed by atoms with Crippen LogP contribution in [0.5, 0.6) is 0 Å². The molecule has 0 spiro atoms. The topological polar surface area (TPSA) is 46.5 Å². The molecular weight excluding hydrogens is 267 g/mol. The molecule has 0 fully saturated rings. The van der Waals surface area contributed by atoms with Crippen LogP contribution >= 0.6 is 22.6 Å². The Morgan fingerprint density at radius 2 is 2.42 bits per heavy atom. The summed E-state index contributed by atoms with van der Waals surface area (Å²) < 4.78 is 2.76. The number of nitrogens with zero attached hydrogens (tertiary/aromatic N) is 3. The molecule has 12 heavy (non-hydrogen) atoms. The maximum absolute atomic E-state index is 4.25. The first-order valence-electron chi connectivity index (χ1n) is 3.49. The Kier molecular flexibility index (Phi) is 1.87. The number of aromatic nitrogens is 4. The van der Waals surface area contributed by atoms with Gasteiger partial charge in [-0.3, -0.25) is 5.10 Å². The minimum absolute atomic E-state index is 0.929. The van der Waals surface area contributed by atoms with Gasteiger partial charge >= 0.3 is 0 Å². The largest absolute Gasteiger partial charge is 0.261 e. The molecule has 2 heterocycles. The second-order valence-corrected chi connectivity index (χ2v) is 3.59. The highest BCUT2D eigenvalue weighted by Crippen LogP contribution is 2.09. The molecule has 2 aromatic rings. The van der Waals surface area contributed by atoms with Gasteiger partial charge in [-0.15, -0.1) is 0 Å². The maximum Gasteiger partial charge on any atom is 0.152 e. The van der Waals surface area contributed by atoms with Gasteiger partial charge in [-0.05, 0) is 35.6 Å². The molecule has 0 saturated carbocycles. The molecule has 0 atom stereocenters. The van der Waals surface area contributed by atoms with E-state index in [1.807, 2.05) is 19.2 Å². The molecule has 0 aliphatic rings. The highest BCUT2D eigenvalue weighted by Gasteiger charge is 2.03. The molecule has 4 nitrogen and oxygen atoms in total. The van der Waals surface area contributed by atoms with Crippen molar-refractivity contribution in [2.75, 3.05) is 0 Å². The molecule has 1 N–H and O–H groups in total. The average molecular weight is 274 g/mol. The lowest BCUT2D eigenvalue weighted by Crippen LogP contribution is -1.97. The normalized spacial score (nSPS) is 10.5. The van der Waals surface area contributed by atoms with E-state index in [0.717, 1.165) is 15.1 Å². The highest BCUT2D eigenvalue weighted by molar-refractivity contribution is 14.1. The minimum Gasteiger partial charge on any atom is -0.261 e. The number of rotatable bonds is 1. The Morgan fingerprint density at radius 1 is 1.58 bits per heavy atom. The number of aromatic amines is 1. The van der Waals surface area contributed by atoms with Crippen molar-refractivity contribution in [3.8, 4) is 5.82 Å². The molecule has 0 unspecified atom stereocenters. The number of hydrogen-bond donors (Lipinski definition) is 1. The summed E-state index contributed by atoms with van der Waals surface area (Å²) in [5.74, 6) is 0.929. The zero-order chi connectivity index (χ0) is 8.55. The van der Waals surface area contributed by atoms with Crippen LogP contribution in [0.1, 0.15) is 5.56 Å². The van der Waals surface area contributed by atoms with E-state index in [9.17, 15) is 0 Å². The predicted octanol–water partition coefficient (Wildman–Crippen LogP) is 1.51. The van der Waals surface area contributed by atoms with Crippen LogP contribution in [0.4, 0.5) is 0 Å². The summed E-state index contributed by atoms with van der Waals surface area (Å²) in [6.45, 7) is 1.99. The second kappa shape index (κ2) is 2.89. The molecule has 62 valence electrons. The fourth-order valence-corrected chi connectivity index (χ4v) is 1.39. The second-order valence-electron chi connectivity index (χ2n) is 2.48.